The van der Waals surface area contributed by atoms with E-state index in [9.17, 15) is 4.79 Å². The van der Waals surface area contributed by atoms with E-state index >= 15 is 0 Å². The number of hydrogen-bond acceptors (Lipinski definition) is 6. The second kappa shape index (κ2) is 9.53. The molecule has 4 aromatic rings. The van der Waals surface area contributed by atoms with E-state index < -0.39 is 0 Å². The van der Waals surface area contributed by atoms with Crippen LogP contribution in [0.4, 0.5) is 5.95 Å². The van der Waals surface area contributed by atoms with Crippen molar-refractivity contribution in [3.63, 3.8) is 0 Å². The molecule has 0 amide bonds. The van der Waals surface area contributed by atoms with Crippen LogP contribution in [0.3, 0.4) is 0 Å². The van der Waals surface area contributed by atoms with Crippen LogP contribution in [0, 0.1) is 0 Å². The van der Waals surface area contributed by atoms with Gasteiger partial charge in [0.1, 0.15) is 11.5 Å². The van der Waals surface area contributed by atoms with Gasteiger partial charge in [0, 0.05) is 22.7 Å². The molecule has 4 rings (SSSR count). The Bertz CT molecular complexity index is 1200. The van der Waals surface area contributed by atoms with E-state index in [-0.39, 0.29) is 5.91 Å². The molecule has 0 aliphatic carbocycles. The molecule has 1 aromatic heterocycles. The van der Waals surface area contributed by atoms with Gasteiger partial charge in [-0.2, -0.15) is 9.67 Å². The average Bonchev–Trinajstić information content (AvgIpc) is 3.27. The smallest absolute Gasteiger partial charge is 0.281 e. The predicted molar refractivity (Wildman–Crippen MR) is 124 cm³/mol. The number of rotatable bonds is 7. The summed E-state index contributed by atoms with van der Waals surface area (Å²) >= 11 is 6.00. The summed E-state index contributed by atoms with van der Waals surface area (Å²) in [5.41, 5.74) is 2.22. The number of benzene rings is 3. The van der Waals surface area contributed by atoms with Gasteiger partial charge in [0.25, 0.3) is 5.91 Å². The molecule has 3 aromatic carbocycles. The number of carbonyl (C=O) groups is 1. The van der Waals surface area contributed by atoms with Crippen LogP contribution in [0.1, 0.15) is 15.9 Å². The van der Waals surface area contributed by atoms with Gasteiger partial charge in [-0.05, 0) is 66.2 Å². The number of hydrogen-bond donors (Lipinski definition) is 1. The summed E-state index contributed by atoms with van der Waals surface area (Å²) in [6.45, 7) is 0.457. The lowest BCUT2D eigenvalue weighted by molar-refractivity contribution is 0.0947. The zero-order chi connectivity index (χ0) is 22.5. The van der Waals surface area contributed by atoms with Crippen molar-refractivity contribution in [2.24, 2.45) is 0 Å². The molecule has 0 radical (unpaired) electrons. The molecule has 0 saturated heterocycles. The second-order valence-corrected chi connectivity index (χ2v) is 7.35. The lowest BCUT2D eigenvalue weighted by Crippen LogP contribution is -2.17. The largest absolute Gasteiger partial charge is 0.497 e. The van der Waals surface area contributed by atoms with E-state index in [1.165, 1.54) is 4.68 Å². The Labute approximate surface area is 190 Å². The van der Waals surface area contributed by atoms with Crippen molar-refractivity contribution in [1.82, 2.24) is 14.8 Å². The van der Waals surface area contributed by atoms with Crippen LogP contribution in [0.15, 0.2) is 72.8 Å². The number of methoxy groups -OCH3 is 2. The minimum atomic E-state index is -0.308. The van der Waals surface area contributed by atoms with E-state index in [1.807, 2.05) is 36.4 Å². The van der Waals surface area contributed by atoms with Gasteiger partial charge in [0.15, 0.2) is 5.82 Å². The molecule has 0 bridgehead atoms. The van der Waals surface area contributed by atoms with E-state index in [4.69, 9.17) is 21.1 Å². The Kier molecular flexibility index (Phi) is 6.37. The third kappa shape index (κ3) is 4.73. The molecule has 0 aliphatic rings. The molecular weight excluding hydrogens is 428 g/mol. The maximum atomic E-state index is 13.2. The highest BCUT2D eigenvalue weighted by Gasteiger charge is 2.19. The van der Waals surface area contributed by atoms with Crippen LogP contribution < -0.4 is 14.8 Å². The quantitative estimate of drug-likeness (QED) is 0.432. The predicted octanol–water partition coefficient (Wildman–Crippen LogP) is 4.92. The molecule has 0 spiro atoms. The number of anilines is 1. The number of nitrogens with one attached hydrogen (secondary N) is 1. The van der Waals surface area contributed by atoms with Crippen molar-refractivity contribution in [2.45, 2.75) is 6.54 Å². The highest BCUT2D eigenvalue weighted by atomic mass is 35.5. The van der Waals surface area contributed by atoms with Crippen LogP contribution in [-0.2, 0) is 6.54 Å². The van der Waals surface area contributed by atoms with E-state index in [1.54, 1.807) is 50.6 Å². The summed E-state index contributed by atoms with van der Waals surface area (Å²) in [6, 6.07) is 21.6. The molecule has 0 aliphatic heterocycles. The summed E-state index contributed by atoms with van der Waals surface area (Å²) in [4.78, 5) is 17.8. The molecule has 8 heteroatoms. The van der Waals surface area contributed by atoms with Crippen LogP contribution in [0.2, 0.25) is 5.02 Å². The molecule has 1 N–H and O–H groups in total. The minimum Gasteiger partial charge on any atom is -0.497 e. The molecule has 0 atom stereocenters. The highest BCUT2D eigenvalue weighted by Crippen LogP contribution is 2.22. The Morgan fingerprint density at radius 1 is 0.906 bits per heavy atom. The monoisotopic (exact) mass is 448 g/mol. The van der Waals surface area contributed by atoms with Gasteiger partial charge in [-0.25, -0.2) is 0 Å². The standard InChI is InChI=1S/C24H21ClN4O3/c1-31-20-11-3-16(4-12-20)15-26-24-27-22(17-5-9-19(25)10-6-17)28-29(24)23(30)18-7-13-21(32-2)14-8-18/h3-14H,15H2,1-2H3,(H,26,27,28). The molecular formula is C24H21ClN4O3. The van der Waals surface area contributed by atoms with Crippen molar-refractivity contribution in [1.29, 1.82) is 0 Å². The number of aromatic nitrogens is 3. The van der Waals surface area contributed by atoms with Gasteiger partial charge in [-0.15, -0.1) is 5.10 Å². The Morgan fingerprint density at radius 3 is 2.09 bits per heavy atom. The van der Waals surface area contributed by atoms with Gasteiger partial charge in [-0.3, -0.25) is 4.79 Å². The first-order valence-electron chi connectivity index (χ1n) is 9.86. The third-order valence-electron chi connectivity index (χ3n) is 4.85. The van der Waals surface area contributed by atoms with Crippen molar-refractivity contribution >= 4 is 23.5 Å². The topological polar surface area (TPSA) is 78.3 Å². The lowest BCUT2D eigenvalue weighted by Gasteiger charge is -2.08. The zero-order valence-corrected chi connectivity index (χ0v) is 18.3. The SMILES string of the molecule is COc1ccc(CNc2nc(-c3ccc(Cl)cc3)nn2C(=O)c2ccc(OC)cc2)cc1. The van der Waals surface area contributed by atoms with Gasteiger partial charge < -0.3 is 14.8 Å². The molecule has 162 valence electrons. The summed E-state index contributed by atoms with van der Waals surface area (Å²) in [5.74, 6) is 1.89. The number of carbonyl (C=O) groups excluding carboxylic acids is 1. The average molecular weight is 449 g/mol. The molecule has 0 unspecified atom stereocenters. The van der Waals surface area contributed by atoms with Crippen LogP contribution in [0.5, 0.6) is 11.5 Å². The fourth-order valence-electron chi connectivity index (χ4n) is 3.07. The maximum Gasteiger partial charge on any atom is 0.281 e. The van der Waals surface area contributed by atoms with E-state index in [2.05, 4.69) is 15.4 Å². The van der Waals surface area contributed by atoms with Gasteiger partial charge in [0.2, 0.25) is 5.95 Å². The van der Waals surface area contributed by atoms with Crippen LogP contribution >= 0.6 is 11.6 Å². The van der Waals surface area contributed by atoms with Crippen molar-refractivity contribution in [2.75, 3.05) is 19.5 Å². The Balaban J connectivity index is 1.65. The lowest BCUT2D eigenvalue weighted by atomic mass is 10.2. The first kappa shape index (κ1) is 21.4. The van der Waals surface area contributed by atoms with Crippen molar-refractivity contribution < 1.29 is 14.3 Å². The first-order valence-corrected chi connectivity index (χ1v) is 10.2. The van der Waals surface area contributed by atoms with Crippen LogP contribution in [-0.4, -0.2) is 34.9 Å². The second-order valence-electron chi connectivity index (χ2n) is 6.91. The summed E-state index contributed by atoms with van der Waals surface area (Å²) < 4.78 is 11.6. The number of nitrogens with zero attached hydrogens (tertiary/aromatic N) is 3. The minimum absolute atomic E-state index is 0.308. The molecule has 0 saturated carbocycles. The molecule has 7 nitrogen and oxygen atoms in total. The van der Waals surface area contributed by atoms with Crippen molar-refractivity contribution in [3.8, 4) is 22.9 Å². The summed E-state index contributed by atoms with van der Waals surface area (Å²) in [6.07, 6.45) is 0. The molecule has 0 fully saturated rings. The number of ether oxygens (including phenoxy) is 2. The normalized spacial score (nSPS) is 10.6. The van der Waals surface area contributed by atoms with Gasteiger partial charge in [-0.1, -0.05) is 23.7 Å². The molecule has 32 heavy (non-hydrogen) atoms. The van der Waals surface area contributed by atoms with E-state index in [0.717, 1.165) is 16.9 Å². The van der Waals surface area contributed by atoms with Gasteiger partial charge in [0.05, 0.1) is 14.2 Å². The highest BCUT2D eigenvalue weighted by molar-refractivity contribution is 6.30. The number of halogens is 1. The Hall–Kier alpha value is -3.84. The first-order chi connectivity index (χ1) is 15.6. The summed E-state index contributed by atoms with van der Waals surface area (Å²) in [5, 5.41) is 8.30. The Morgan fingerprint density at radius 2 is 1.50 bits per heavy atom. The van der Waals surface area contributed by atoms with E-state index in [0.29, 0.717) is 34.7 Å². The zero-order valence-electron chi connectivity index (χ0n) is 17.6. The molecule has 1 heterocycles. The fourth-order valence-corrected chi connectivity index (χ4v) is 3.20. The maximum absolute atomic E-state index is 13.2. The van der Waals surface area contributed by atoms with Crippen molar-refractivity contribution in [3.05, 3.63) is 88.9 Å². The summed E-state index contributed by atoms with van der Waals surface area (Å²) in [7, 11) is 3.20. The fraction of sp³-hybridized carbons (Fsp3) is 0.125. The van der Waals surface area contributed by atoms with Crippen LogP contribution in [0.25, 0.3) is 11.4 Å². The third-order valence-corrected chi connectivity index (χ3v) is 5.10. The van der Waals surface area contributed by atoms with Gasteiger partial charge >= 0.3 is 0 Å².